The largest absolute Gasteiger partial charge is 0.489 e. The van der Waals surface area contributed by atoms with Crippen LogP contribution in [0.4, 0.5) is 0 Å². The summed E-state index contributed by atoms with van der Waals surface area (Å²) in [6, 6.07) is 20.8. The van der Waals surface area contributed by atoms with Gasteiger partial charge in [0, 0.05) is 60.8 Å². The second-order valence-electron chi connectivity index (χ2n) is 20.1. The maximum atomic E-state index is 13.6. The number of nitriles is 1. The van der Waals surface area contributed by atoms with Crippen LogP contribution < -0.4 is 30.7 Å². The lowest BCUT2D eigenvalue weighted by Crippen LogP contribution is -2.76. The monoisotopic (exact) mass is 877 g/mol. The molecule has 63 heavy (non-hydrogen) atoms. The van der Waals surface area contributed by atoms with Crippen LogP contribution >= 0.6 is 11.6 Å². The predicted octanol–water partition coefficient (Wildman–Crippen LogP) is 6.55. The number of piperidine rings is 1. The molecular formula is C50H64ClN7O5. The molecule has 4 unspecified atom stereocenters. The zero-order valence-corrected chi connectivity index (χ0v) is 38.5. The summed E-state index contributed by atoms with van der Waals surface area (Å²) in [7, 11) is 1.80. The molecule has 5 aliphatic rings. The highest BCUT2D eigenvalue weighted by Crippen LogP contribution is 2.55. The molecule has 4 fully saturated rings. The summed E-state index contributed by atoms with van der Waals surface area (Å²) in [4.78, 5) is 30.7. The van der Waals surface area contributed by atoms with Crippen molar-refractivity contribution in [3.8, 4) is 23.3 Å². The Morgan fingerprint density at radius 3 is 2.33 bits per heavy atom. The Morgan fingerprint density at radius 1 is 0.968 bits per heavy atom. The summed E-state index contributed by atoms with van der Waals surface area (Å²) >= 11 is 6.27. The summed E-state index contributed by atoms with van der Waals surface area (Å²) in [5, 5.41) is 34.4. The highest BCUT2D eigenvalue weighted by Gasteiger charge is 2.64. The van der Waals surface area contributed by atoms with Crippen LogP contribution in [0.2, 0.25) is 5.02 Å². The van der Waals surface area contributed by atoms with E-state index in [1.807, 2.05) is 36.5 Å². The first-order valence-electron chi connectivity index (χ1n) is 22.7. The van der Waals surface area contributed by atoms with Crippen molar-refractivity contribution in [3.05, 3.63) is 94.1 Å². The van der Waals surface area contributed by atoms with E-state index in [0.717, 1.165) is 74.2 Å². The molecule has 4 atom stereocenters. The van der Waals surface area contributed by atoms with Gasteiger partial charge in [0.05, 0.1) is 34.4 Å². The standard InChI is InChI=1S/C50H64ClN7O5/c1-48(2)46(49(3,4)47(48)63-35-16-12-32(26-52)39(51)25-35)56-44(59)40-27-55-42(28-54-40)58-22-19-31(20-23-58)9-8-30-10-14-34(15-11-30)62-41-17-13-33(50(5,6)61)24-37(41)38-29-57(7)45(60)43-36(38)18-21-53-43/h10-17,24-25,29,31,36,40,42-43,46-47,53-55,61H,8-9,18-23,27-28H2,1-7H3,(H,56,59). The van der Waals surface area contributed by atoms with Crippen molar-refractivity contribution < 1.29 is 24.2 Å². The van der Waals surface area contributed by atoms with Crippen LogP contribution in [0.3, 0.4) is 0 Å². The van der Waals surface area contributed by atoms with Gasteiger partial charge in [-0.25, -0.2) is 0 Å². The van der Waals surface area contributed by atoms with Gasteiger partial charge in [-0.05, 0) is 125 Å². The molecule has 3 aromatic carbocycles. The minimum Gasteiger partial charge on any atom is -0.489 e. The fourth-order valence-corrected chi connectivity index (χ4v) is 11.3. The highest BCUT2D eigenvalue weighted by atomic mass is 35.5. The van der Waals surface area contributed by atoms with Gasteiger partial charge in [-0.15, -0.1) is 0 Å². The van der Waals surface area contributed by atoms with Crippen molar-refractivity contribution >= 4 is 29.0 Å². The number of amides is 2. The smallest absolute Gasteiger partial charge is 0.244 e. The van der Waals surface area contributed by atoms with Gasteiger partial charge in [0.2, 0.25) is 11.8 Å². The molecule has 2 amide bonds. The summed E-state index contributed by atoms with van der Waals surface area (Å²) < 4.78 is 13.0. The number of halogens is 1. The molecule has 1 aliphatic carbocycles. The van der Waals surface area contributed by atoms with Crippen molar-refractivity contribution in [3.63, 3.8) is 0 Å². The Hall–Kier alpha value is -4.48. The summed E-state index contributed by atoms with van der Waals surface area (Å²) in [6.45, 7) is 16.2. The second-order valence-corrected chi connectivity index (χ2v) is 20.5. The molecule has 0 radical (unpaired) electrons. The molecule has 336 valence electrons. The average Bonchev–Trinajstić information content (AvgIpc) is 3.76. The molecule has 12 nitrogen and oxygen atoms in total. The first kappa shape index (κ1) is 45.1. The Balaban J connectivity index is 0.789. The quantitative estimate of drug-likeness (QED) is 0.136. The number of likely N-dealkylation sites (N-methyl/N-ethyl adjacent to an activating group) is 1. The van der Waals surface area contributed by atoms with Crippen LogP contribution in [-0.2, 0) is 21.6 Å². The number of rotatable bonds is 12. The predicted molar refractivity (Wildman–Crippen MR) is 245 cm³/mol. The maximum Gasteiger partial charge on any atom is 0.244 e. The maximum absolute atomic E-state index is 13.6. The second kappa shape index (κ2) is 17.8. The summed E-state index contributed by atoms with van der Waals surface area (Å²) in [5.74, 6) is 2.85. The molecule has 0 spiro atoms. The molecule has 13 heteroatoms. The van der Waals surface area contributed by atoms with Gasteiger partial charge >= 0.3 is 0 Å². The van der Waals surface area contributed by atoms with Crippen molar-refractivity contribution in [2.45, 2.75) is 110 Å². The Bertz CT molecular complexity index is 2230. The molecule has 3 aromatic rings. The molecule has 5 N–H and O–H groups in total. The summed E-state index contributed by atoms with van der Waals surface area (Å²) in [6.07, 6.45) is 7.26. The van der Waals surface area contributed by atoms with Gasteiger partial charge in [0.25, 0.3) is 0 Å². The lowest BCUT2D eigenvalue weighted by atomic mass is 9.49. The number of ether oxygens (including phenoxy) is 2. The molecule has 1 saturated carbocycles. The van der Waals surface area contributed by atoms with Crippen molar-refractivity contribution in [1.82, 2.24) is 31.1 Å². The SMILES string of the molecule is CN1C=C(c2cc(C(C)(C)O)ccc2Oc2ccc(CCC3CCN(C4CNC(C(=O)NC5C(C)(C)C(Oc6ccc(C#N)c(Cl)c6)C5(C)C)CN4)CC3)cc2)C2CCNC2C1=O. The fourth-order valence-electron chi connectivity index (χ4n) is 11.1. The Labute approximate surface area is 377 Å². The van der Waals surface area contributed by atoms with E-state index in [-0.39, 0.29) is 59.0 Å². The number of carbonyl (C=O) groups excluding carboxylic acids is 2. The first-order valence-corrected chi connectivity index (χ1v) is 23.0. The Kier molecular flexibility index (Phi) is 12.8. The van der Waals surface area contributed by atoms with E-state index in [1.54, 1.807) is 44.0 Å². The van der Waals surface area contributed by atoms with Gasteiger partial charge in [0.15, 0.2) is 0 Å². The van der Waals surface area contributed by atoms with Crippen molar-refractivity contribution in [2.75, 3.05) is 39.8 Å². The topological polar surface area (TPSA) is 151 Å². The molecule has 8 rings (SSSR count). The van der Waals surface area contributed by atoms with E-state index >= 15 is 0 Å². The lowest BCUT2D eigenvalue weighted by Gasteiger charge is -2.63. The third-order valence-corrected chi connectivity index (χ3v) is 14.8. The summed E-state index contributed by atoms with van der Waals surface area (Å²) in [5.41, 5.74) is 2.77. The molecule has 4 aliphatic heterocycles. The molecule has 0 bridgehead atoms. The van der Waals surface area contributed by atoms with Gasteiger partial charge in [-0.2, -0.15) is 5.26 Å². The van der Waals surface area contributed by atoms with Crippen LogP contribution in [0.1, 0.15) is 89.5 Å². The van der Waals surface area contributed by atoms with Gasteiger partial charge in [-0.1, -0.05) is 57.5 Å². The van der Waals surface area contributed by atoms with Crippen LogP contribution in [0.5, 0.6) is 17.2 Å². The van der Waals surface area contributed by atoms with E-state index in [4.69, 9.17) is 21.1 Å². The van der Waals surface area contributed by atoms with Crippen LogP contribution in [0.25, 0.3) is 5.57 Å². The van der Waals surface area contributed by atoms with Crippen LogP contribution in [-0.4, -0.2) is 96.9 Å². The first-order chi connectivity index (χ1) is 29.9. The van der Waals surface area contributed by atoms with E-state index < -0.39 is 5.60 Å². The fraction of sp³-hybridized carbons (Fsp3) is 0.540. The number of hydrogen-bond donors (Lipinski definition) is 5. The van der Waals surface area contributed by atoms with Gasteiger partial charge < -0.3 is 35.4 Å². The Morgan fingerprint density at radius 2 is 1.68 bits per heavy atom. The van der Waals surface area contributed by atoms with E-state index in [2.05, 4.69) is 72.1 Å². The number of likely N-dealkylation sites (tertiary alicyclic amines) is 1. The highest BCUT2D eigenvalue weighted by molar-refractivity contribution is 6.31. The van der Waals surface area contributed by atoms with Crippen molar-refractivity contribution in [1.29, 1.82) is 5.26 Å². The number of piperazine rings is 1. The molecular weight excluding hydrogens is 814 g/mol. The zero-order chi connectivity index (χ0) is 44.8. The average molecular weight is 879 g/mol. The molecule has 3 saturated heterocycles. The number of nitrogens with zero attached hydrogens (tertiary/aromatic N) is 3. The van der Waals surface area contributed by atoms with Crippen LogP contribution in [0.15, 0.2) is 66.9 Å². The number of aryl methyl sites for hydroxylation is 1. The molecule has 0 aromatic heterocycles. The number of nitrogens with one attached hydrogen (secondary N) is 4. The number of fused-ring (bicyclic) bond motifs is 1. The van der Waals surface area contributed by atoms with Gasteiger partial charge in [0.1, 0.15) is 29.4 Å². The van der Waals surface area contributed by atoms with E-state index in [0.29, 0.717) is 41.1 Å². The lowest BCUT2D eigenvalue weighted by molar-refractivity contribution is -0.174. The van der Waals surface area contributed by atoms with E-state index in [9.17, 15) is 20.0 Å². The van der Waals surface area contributed by atoms with Crippen molar-refractivity contribution in [2.24, 2.45) is 22.7 Å². The number of benzene rings is 3. The number of carbonyl (C=O) groups is 2. The van der Waals surface area contributed by atoms with Crippen LogP contribution in [0, 0.1) is 34.0 Å². The normalized spacial score (nSPS) is 27.1. The third-order valence-electron chi connectivity index (χ3n) is 14.5. The van der Waals surface area contributed by atoms with E-state index in [1.165, 1.54) is 5.56 Å². The molecule has 4 heterocycles. The number of hydrogen-bond acceptors (Lipinski definition) is 10. The van der Waals surface area contributed by atoms with Gasteiger partial charge in [-0.3, -0.25) is 19.8 Å². The third kappa shape index (κ3) is 9.24. The minimum absolute atomic E-state index is 0.000463. The number of aliphatic hydroxyl groups is 1. The minimum atomic E-state index is -1.02. The zero-order valence-electron chi connectivity index (χ0n) is 37.8.